The number of halogens is 1. The minimum atomic E-state index is -0.972. The Morgan fingerprint density at radius 1 is 1.02 bits per heavy atom. The van der Waals surface area contributed by atoms with Gasteiger partial charge >= 0.3 is 5.97 Å². The van der Waals surface area contributed by atoms with Crippen molar-refractivity contribution in [1.29, 1.82) is 0 Å². The summed E-state index contributed by atoms with van der Waals surface area (Å²) in [4.78, 5) is 29.0. The van der Waals surface area contributed by atoms with Crippen LogP contribution in [-0.2, 0) is 16.0 Å². The Kier molecular flexibility index (Phi) is 11.5. The van der Waals surface area contributed by atoms with E-state index in [-0.39, 0.29) is 11.5 Å². The number of amides is 1. The van der Waals surface area contributed by atoms with Crippen molar-refractivity contribution in [3.63, 3.8) is 0 Å². The van der Waals surface area contributed by atoms with Crippen LogP contribution < -0.4 is 9.47 Å². The molecule has 0 spiro atoms. The fourth-order valence-electron chi connectivity index (χ4n) is 4.99. The number of nitrogens with zero attached hydrogens (tertiary/aromatic N) is 2. The van der Waals surface area contributed by atoms with Gasteiger partial charge in [-0.2, -0.15) is 0 Å². The molecule has 5 rings (SSSR count). The number of rotatable bonds is 13. The van der Waals surface area contributed by atoms with Crippen LogP contribution in [0.25, 0.3) is 17.2 Å². The Morgan fingerprint density at radius 2 is 1.76 bits per heavy atom. The van der Waals surface area contributed by atoms with Crippen LogP contribution in [0.1, 0.15) is 34.8 Å². The molecule has 3 aromatic rings. The normalized spacial score (nSPS) is 16.4. The molecule has 1 N–H and O–H groups in total. The van der Waals surface area contributed by atoms with E-state index in [9.17, 15) is 9.59 Å². The van der Waals surface area contributed by atoms with Gasteiger partial charge < -0.3 is 19.3 Å². The standard InChI is InChI=1S/C34H35ClN2O6S2/c1-2-16-42-30-10-8-26(22-28(30)35)27-20-24(5-9-29(27)43-19-15-36-13-17-41-18-14-36)21-31-32(38)37(34(44)45-31)12-11-23-3-6-25(7-4-23)33(39)40/h3-10,20-22H,2,11-19H2,1H3,(H,39,40). The molecule has 45 heavy (non-hydrogen) atoms. The van der Waals surface area contributed by atoms with Crippen molar-refractivity contribution in [2.24, 2.45) is 0 Å². The number of ether oxygens (including phenoxy) is 3. The summed E-state index contributed by atoms with van der Waals surface area (Å²) in [6, 6.07) is 18.2. The highest BCUT2D eigenvalue weighted by Gasteiger charge is 2.31. The van der Waals surface area contributed by atoms with Gasteiger partial charge in [0.1, 0.15) is 22.4 Å². The largest absolute Gasteiger partial charge is 0.492 e. The van der Waals surface area contributed by atoms with Crippen LogP contribution in [0, 0.1) is 0 Å². The Balaban J connectivity index is 1.34. The molecular formula is C34H35ClN2O6S2. The van der Waals surface area contributed by atoms with Crippen LogP contribution in [0.4, 0.5) is 0 Å². The summed E-state index contributed by atoms with van der Waals surface area (Å²) in [6.45, 7) is 7.59. The topological polar surface area (TPSA) is 88.5 Å². The molecule has 2 saturated heterocycles. The molecular weight excluding hydrogens is 632 g/mol. The number of morpholine rings is 1. The van der Waals surface area contributed by atoms with E-state index < -0.39 is 5.97 Å². The van der Waals surface area contributed by atoms with E-state index in [2.05, 4.69) is 4.90 Å². The van der Waals surface area contributed by atoms with Gasteiger partial charge in [0, 0.05) is 31.7 Å². The van der Waals surface area contributed by atoms with Gasteiger partial charge in [-0.15, -0.1) is 0 Å². The lowest BCUT2D eigenvalue weighted by Crippen LogP contribution is -2.38. The predicted octanol–water partition coefficient (Wildman–Crippen LogP) is 6.65. The van der Waals surface area contributed by atoms with Crippen LogP contribution in [0.2, 0.25) is 5.02 Å². The van der Waals surface area contributed by atoms with Gasteiger partial charge in [0.05, 0.1) is 35.3 Å². The van der Waals surface area contributed by atoms with Crippen molar-refractivity contribution in [3.8, 4) is 22.6 Å². The number of hydrogen-bond acceptors (Lipinski definition) is 8. The zero-order valence-corrected chi connectivity index (χ0v) is 27.4. The highest BCUT2D eigenvalue weighted by Crippen LogP contribution is 2.38. The fourth-order valence-corrected chi connectivity index (χ4v) is 6.54. The molecule has 2 fully saturated rings. The van der Waals surface area contributed by atoms with E-state index in [4.69, 9.17) is 43.1 Å². The summed E-state index contributed by atoms with van der Waals surface area (Å²) in [6.07, 6.45) is 3.29. The third-order valence-corrected chi connectivity index (χ3v) is 9.15. The highest BCUT2D eigenvalue weighted by atomic mass is 35.5. The van der Waals surface area contributed by atoms with Crippen LogP contribution >= 0.6 is 35.6 Å². The average Bonchev–Trinajstić information content (AvgIpc) is 3.31. The number of aromatic carboxylic acids is 1. The molecule has 236 valence electrons. The summed E-state index contributed by atoms with van der Waals surface area (Å²) in [7, 11) is 0. The van der Waals surface area contributed by atoms with E-state index in [1.165, 1.54) is 11.8 Å². The molecule has 2 heterocycles. The molecule has 2 aliphatic rings. The molecule has 0 unspecified atom stereocenters. The van der Waals surface area contributed by atoms with Crippen molar-refractivity contribution in [1.82, 2.24) is 9.80 Å². The minimum Gasteiger partial charge on any atom is -0.492 e. The second kappa shape index (κ2) is 15.7. The van der Waals surface area contributed by atoms with Crippen LogP contribution in [0.3, 0.4) is 0 Å². The number of hydrogen-bond donors (Lipinski definition) is 1. The first-order valence-corrected chi connectivity index (χ1v) is 16.5. The van der Waals surface area contributed by atoms with Gasteiger partial charge in [-0.25, -0.2) is 4.79 Å². The van der Waals surface area contributed by atoms with Gasteiger partial charge in [-0.3, -0.25) is 14.6 Å². The number of carbonyl (C=O) groups excluding carboxylic acids is 1. The first-order valence-electron chi connectivity index (χ1n) is 14.9. The predicted molar refractivity (Wildman–Crippen MR) is 182 cm³/mol. The molecule has 0 bridgehead atoms. The third kappa shape index (κ3) is 8.65. The second-order valence-corrected chi connectivity index (χ2v) is 12.7. The lowest BCUT2D eigenvalue weighted by molar-refractivity contribution is -0.122. The Hall–Kier alpha value is -3.41. The third-order valence-electron chi connectivity index (χ3n) is 7.47. The number of carbonyl (C=O) groups is 2. The molecule has 1 amide bonds. The smallest absolute Gasteiger partial charge is 0.335 e. The quantitative estimate of drug-likeness (QED) is 0.159. The van der Waals surface area contributed by atoms with Gasteiger partial charge in [0.15, 0.2) is 0 Å². The monoisotopic (exact) mass is 666 g/mol. The molecule has 0 saturated carbocycles. The number of carboxylic acid groups (broad SMARTS) is 1. The van der Waals surface area contributed by atoms with Crippen molar-refractivity contribution in [2.45, 2.75) is 19.8 Å². The van der Waals surface area contributed by atoms with Crippen molar-refractivity contribution < 1.29 is 28.9 Å². The van der Waals surface area contributed by atoms with Crippen molar-refractivity contribution in [2.75, 3.05) is 52.6 Å². The molecule has 2 aliphatic heterocycles. The Labute approximate surface area is 277 Å². The van der Waals surface area contributed by atoms with Crippen LogP contribution in [0.15, 0.2) is 65.6 Å². The number of benzene rings is 3. The van der Waals surface area contributed by atoms with Crippen LogP contribution in [0.5, 0.6) is 11.5 Å². The zero-order chi connectivity index (χ0) is 31.8. The second-order valence-electron chi connectivity index (χ2n) is 10.6. The van der Waals surface area contributed by atoms with E-state index >= 15 is 0 Å². The average molecular weight is 667 g/mol. The van der Waals surface area contributed by atoms with Crippen molar-refractivity contribution >= 4 is 57.9 Å². The summed E-state index contributed by atoms with van der Waals surface area (Å²) >= 11 is 13.4. The molecule has 8 nitrogen and oxygen atoms in total. The summed E-state index contributed by atoms with van der Waals surface area (Å²) in [5.41, 5.74) is 3.72. The zero-order valence-electron chi connectivity index (χ0n) is 25.0. The van der Waals surface area contributed by atoms with Crippen LogP contribution in [-0.4, -0.2) is 83.7 Å². The summed E-state index contributed by atoms with van der Waals surface area (Å²) in [5, 5.41) is 9.65. The molecule has 0 radical (unpaired) electrons. The first kappa shape index (κ1) is 33.0. The van der Waals surface area contributed by atoms with Gasteiger partial charge in [-0.05, 0) is 72.0 Å². The molecule has 0 aliphatic carbocycles. The molecule has 11 heteroatoms. The summed E-state index contributed by atoms with van der Waals surface area (Å²) in [5.74, 6) is 0.232. The molecule has 0 aromatic heterocycles. The van der Waals surface area contributed by atoms with Gasteiger partial charge in [-0.1, -0.05) is 66.8 Å². The Bertz CT molecular complexity index is 1570. The first-order chi connectivity index (χ1) is 21.8. The number of carboxylic acids is 1. The van der Waals surface area contributed by atoms with E-state index in [0.29, 0.717) is 46.2 Å². The minimum absolute atomic E-state index is 0.153. The molecule has 0 atom stereocenters. The maximum absolute atomic E-state index is 13.4. The number of thiocarbonyl (C=S) groups is 1. The van der Waals surface area contributed by atoms with Crippen molar-refractivity contribution in [3.05, 3.63) is 87.3 Å². The highest BCUT2D eigenvalue weighted by molar-refractivity contribution is 8.26. The number of thioether (sulfide) groups is 1. The summed E-state index contributed by atoms with van der Waals surface area (Å²) < 4.78 is 18.0. The fraction of sp³-hybridized carbons (Fsp3) is 0.324. The Morgan fingerprint density at radius 3 is 2.47 bits per heavy atom. The van der Waals surface area contributed by atoms with E-state index in [1.54, 1.807) is 29.2 Å². The SMILES string of the molecule is CCCOc1ccc(-c2cc(C=C3SC(=S)N(CCc4ccc(C(=O)O)cc4)C3=O)ccc2OCCN2CCOCC2)cc1Cl. The van der Waals surface area contributed by atoms with E-state index in [0.717, 1.165) is 67.3 Å². The maximum atomic E-state index is 13.4. The van der Waals surface area contributed by atoms with Gasteiger partial charge in [0.2, 0.25) is 0 Å². The van der Waals surface area contributed by atoms with Gasteiger partial charge in [0.25, 0.3) is 5.91 Å². The lowest BCUT2D eigenvalue weighted by Gasteiger charge is -2.26. The molecule has 3 aromatic carbocycles. The van der Waals surface area contributed by atoms with E-state index in [1.807, 2.05) is 49.4 Å². The lowest BCUT2D eigenvalue weighted by atomic mass is 10.0. The maximum Gasteiger partial charge on any atom is 0.335 e.